The molecular formula is C89H171F3KNO28SSi8. The van der Waals surface area contributed by atoms with E-state index in [2.05, 4.69) is 109 Å². The van der Waals surface area contributed by atoms with E-state index in [0.29, 0.717) is 114 Å². The fourth-order valence-electron chi connectivity index (χ4n) is 16.9. The minimum atomic E-state index is -5.89. The van der Waals surface area contributed by atoms with Crippen molar-refractivity contribution in [3.05, 3.63) is 4.72 Å². The van der Waals surface area contributed by atoms with Crippen molar-refractivity contribution in [2.24, 2.45) is 86.3 Å². The third-order valence-electron chi connectivity index (χ3n) is 24.9. The Morgan fingerprint density at radius 1 is 0.420 bits per heavy atom. The van der Waals surface area contributed by atoms with Crippen LogP contribution in [0.25, 0.3) is 4.72 Å². The Labute approximate surface area is 837 Å². The number of epoxide rings is 1. The van der Waals surface area contributed by atoms with Gasteiger partial charge in [-0.1, -0.05) is 184 Å². The average Bonchev–Trinajstić information content (AvgIpc) is 1.10. The minimum absolute atomic E-state index is 0. The fraction of sp³-hybridized carbons (Fsp3) is 0.933. The fourth-order valence-corrected chi connectivity index (χ4v) is 69.0. The molecule has 11 rings (SSSR count). The van der Waals surface area contributed by atoms with Gasteiger partial charge >= 0.3 is 157 Å². The number of alkyl halides is 3. The summed E-state index contributed by atoms with van der Waals surface area (Å²) < 4.78 is 199. The van der Waals surface area contributed by atoms with E-state index in [9.17, 15) is 50.4 Å². The van der Waals surface area contributed by atoms with Crippen LogP contribution in [-0.2, 0) is 126 Å². The van der Waals surface area contributed by atoms with Crippen molar-refractivity contribution in [3.63, 3.8) is 0 Å². The molecule has 4 aliphatic carbocycles. The molecule has 4 atom stereocenters. The number of hydrogen-bond donors (Lipinski definition) is 0. The van der Waals surface area contributed by atoms with Crippen LogP contribution in [0.5, 0.6) is 0 Å². The zero-order valence-electron chi connectivity index (χ0n) is 86.0. The van der Waals surface area contributed by atoms with Gasteiger partial charge < -0.3 is 96.8 Å². The summed E-state index contributed by atoms with van der Waals surface area (Å²) in [5.41, 5.74) is -9.93. The zero-order chi connectivity index (χ0) is 98.4. The monoisotopic (exact) mass is 2050 g/mol. The van der Waals surface area contributed by atoms with Gasteiger partial charge in [-0.15, -0.1) is 0 Å². The topological polar surface area (TPSA) is 339 Å². The predicted molar refractivity (Wildman–Crippen MR) is 505 cm³/mol. The van der Waals surface area contributed by atoms with Crippen LogP contribution in [0.15, 0.2) is 0 Å². The number of amides is 1. The van der Waals surface area contributed by atoms with Crippen molar-refractivity contribution in [2.45, 2.75) is 388 Å². The molecule has 1 amide bonds. The summed E-state index contributed by atoms with van der Waals surface area (Å²) >= 11 is 0. The third kappa shape index (κ3) is 37.2. The quantitative estimate of drug-likeness (QED) is 0.0180. The molecule has 0 aromatic rings. The molecular weight excluding hydrogens is 1880 g/mol. The Kier molecular flexibility index (Phi) is 48.7. The van der Waals surface area contributed by atoms with Gasteiger partial charge in [0.25, 0.3) is 0 Å². The van der Waals surface area contributed by atoms with Crippen LogP contribution >= 0.6 is 0 Å². The number of carbonyl (C=O) groups excluding carboxylic acids is 6. The van der Waals surface area contributed by atoms with Gasteiger partial charge in [0.05, 0.1) is 73.1 Å². The molecule has 42 heteroatoms. The molecule has 0 spiro atoms. The largest absolute Gasteiger partial charge is 1.00 e. The maximum absolute atomic E-state index is 13.2. The van der Waals surface area contributed by atoms with E-state index < -0.39 is 125 Å². The molecule has 0 N–H and O–H groups in total. The molecule has 0 aromatic heterocycles. The van der Waals surface area contributed by atoms with Crippen molar-refractivity contribution in [1.82, 2.24) is 0 Å². The minimum Gasteiger partial charge on any atom is -0.538 e. The number of nitrogens with zero attached hydrogens (tertiary/aromatic N) is 1. The Morgan fingerprint density at radius 3 is 1.07 bits per heavy atom. The van der Waals surface area contributed by atoms with Crippen LogP contribution in [0.4, 0.5) is 13.2 Å². The van der Waals surface area contributed by atoms with Gasteiger partial charge in [0.2, 0.25) is 0 Å². The smallest absolute Gasteiger partial charge is 0.538 e. The number of hydrogen-bond acceptors (Lipinski definition) is 28. The van der Waals surface area contributed by atoms with Crippen LogP contribution in [0.3, 0.4) is 0 Å². The van der Waals surface area contributed by atoms with Crippen molar-refractivity contribution >= 4 is 116 Å². The van der Waals surface area contributed by atoms with E-state index in [-0.39, 0.29) is 178 Å². The SMILES string of the molecule is CCC(C)(C)C(=O)OC12CC3CC(C1)CC(C(=O)[N-]S(=O)(=O)C(F)(F)F)(C3)C2.CCC(C)(C)C(=O)OCC1CO1.CCC(C)(C)C(=O)OCCC[Si]12O[Si]3(CC(C)C)O[Si]4(CC(C)C)O[Si](CC(C)C)(O1)O[Si]1(CC(C)C)O[Si](CC(C)C)(O2)O[Si](CC(C)C)(O3)O[Si](CC(C)C)(O4)O1.CCC(C)(C)C(=O)OCCOCCOC.CCCCCCCCCOC(=O)C(C)CC.[K+]. The summed E-state index contributed by atoms with van der Waals surface area (Å²) in [6.07, 6.45) is 15.6. The van der Waals surface area contributed by atoms with Crippen molar-refractivity contribution in [3.8, 4) is 0 Å². The number of rotatable bonds is 47. The molecule has 131 heavy (non-hydrogen) atoms. The number of carbonyl (C=O) groups is 6. The van der Waals surface area contributed by atoms with E-state index in [1.54, 1.807) is 21.0 Å². The second-order valence-electron chi connectivity index (χ2n) is 43.1. The molecule has 7 saturated heterocycles. The van der Waals surface area contributed by atoms with Crippen LogP contribution < -0.4 is 51.4 Å². The number of halogens is 3. The van der Waals surface area contributed by atoms with Crippen molar-refractivity contribution in [1.29, 1.82) is 0 Å². The molecule has 0 aromatic carbocycles. The maximum Gasteiger partial charge on any atom is 1.00 e. The number of esters is 5. The molecule has 12 bridgehead atoms. The van der Waals surface area contributed by atoms with Crippen molar-refractivity contribution < 1.29 is 189 Å². The standard InChI is InChI=1S/C37H80O14Si8.C18H26F3NO5S.C14H28O2.C11H22O4.C9H16O3.K/c1-18-37(16,17)36(38)39-20-19-21-52-40-53(22-29(2)3)43-56(25-32(8)9)45-54(41-52,23-30(4)5)47-58(27-34(12)13)48-55(42-52,24-31(6)7)46-57(44-53,26-33(10)11)50-59(49-56,51-58)28-35(14)15;1-4-15(2,3)14(24)27-17-8-11-5-12(9-17)7-16(6-11,10-17)13(23)22-28(25,26)18(19,20)21;1-4-6-7-8-9-10-11-12-16-14(15)13(3)5-2;1-5-11(2,3)10(12)15-9-8-14-7-6-13-4;1-4-9(2,3)8(10)12-6-7-5-11-7;/h29-35H,18-28H2,1-17H3;11-12H,4-10H2,1-3H3,(H,22,23);13H,4-12H2,1-3H3;5-9H2,1-4H3;7H,4-6H2,1-3H3;/q;;;;;+1/p-1. The summed E-state index contributed by atoms with van der Waals surface area (Å²) in [6.45, 7) is 62.6. The number of ether oxygens (including phenoxy) is 8. The second-order valence-corrected chi connectivity index (χ2v) is 68.8. The Balaban J connectivity index is 0.000000407. The molecule has 11 aliphatic rings. The molecule has 11 fully saturated rings. The van der Waals surface area contributed by atoms with Crippen molar-refractivity contribution in [2.75, 3.05) is 60.0 Å². The summed E-state index contributed by atoms with van der Waals surface area (Å²) in [5.74, 6) is -1.55. The Hall–Kier alpha value is -0.669. The van der Waals surface area contributed by atoms with Gasteiger partial charge in [-0.2, -0.15) is 13.2 Å². The van der Waals surface area contributed by atoms with E-state index in [1.165, 1.54) is 38.5 Å². The van der Waals surface area contributed by atoms with Crippen LogP contribution in [0.2, 0.25) is 48.4 Å². The number of unbranched alkanes of at least 4 members (excludes halogenated alkanes) is 6. The molecule has 7 aliphatic heterocycles. The average molecular weight is 2060 g/mol. The first-order valence-corrected chi connectivity index (χ1v) is 65.5. The maximum atomic E-state index is 13.2. The number of methoxy groups -OCH3 is 1. The van der Waals surface area contributed by atoms with E-state index in [1.807, 2.05) is 83.1 Å². The van der Waals surface area contributed by atoms with Crippen LogP contribution in [-0.4, -0.2) is 192 Å². The third-order valence-corrected chi connectivity index (χ3v) is 65.9. The molecule has 760 valence electrons. The molecule has 29 nitrogen and oxygen atoms in total. The van der Waals surface area contributed by atoms with E-state index in [4.69, 9.17) is 87.3 Å². The zero-order valence-corrected chi connectivity index (χ0v) is 98.0. The van der Waals surface area contributed by atoms with Gasteiger partial charge in [-0.3, -0.25) is 24.0 Å². The second kappa shape index (κ2) is 52.0. The first kappa shape index (κ1) is 123. The van der Waals surface area contributed by atoms with Gasteiger partial charge in [0, 0.05) is 60.9 Å². The van der Waals surface area contributed by atoms with E-state index >= 15 is 0 Å². The first-order valence-electron chi connectivity index (χ1n) is 48.6. The molecule has 7 heterocycles. The van der Waals surface area contributed by atoms with Gasteiger partial charge in [0.15, 0.2) is 10.0 Å². The normalized spacial score (nSPS) is 29.7. The Morgan fingerprint density at radius 2 is 0.740 bits per heavy atom. The first-order chi connectivity index (χ1) is 60.0. The van der Waals surface area contributed by atoms with Gasteiger partial charge in [0.1, 0.15) is 24.9 Å². The summed E-state index contributed by atoms with van der Waals surface area (Å²) in [4.78, 5) is 72.7. The molecule has 4 unspecified atom stereocenters. The summed E-state index contributed by atoms with van der Waals surface area (Å²) in [6, 6.07) is 3.39. The van der Waals surface area contributed by atoms with Crippen LogP contribution in [0.1, 0.15) is 323 Å². The Bertz CT molecular complexity index is 3520. The number of sulfonamides is 1. The van der Waals surface area contributed by atoms with Gasteiger partial charge in [-0.05, 0) is 192 Å². The van der Waals surface area contributed by atoms with Crippen LogP contribution in [0, 0.1) is 86.3 Å². The summed E-state index contributed by atoms with van der Waals surface area (Å²) in [5, 5.41) is 0. The molecule has 4 saturated carbocycles. The molecule has 0 radical (unpaired) electrons. The van der Waals surface area contributed by atoms with E-state index in [0.717, 1.165) is 38.7 Å². The van der Waals surface area contributed by atoms with Gasteiger partial charge in [-0.25, -0.2) is 8.42 Å². The predicted octanol–water partition coefficient (Wildman–Crippen LogP) is 18.1. The summed E-state index contributed by atoms with van der Waals surface area (Å²) in [7, 11) is -36.2.